The fourth-order valence-corrected chi connectivity index (χ4v) is 3.86. The summed E-state index contributed by atoms with van der Waals surface area (Å²) in [6.45, 7) is 3.90. The van der Waals surface area contributed by atoms with Gasteiger partial charge in [-0.1, -0.05) is 24.2 Å². The predicted molar refractivity (Wildman–Crippen MR) is 97.6 cm³/mol. The van der Waals surface area contributed by atoms with E-state index in [1.807, 2.05) is 6.07 Å². The van der Waals surface area contributed by atoms with E-state index in [-0.39, 0.29) is 17.1 Å². The Bertz CT molecular complexity index is 1030. The van der Waals surface area contributed by atoms with E-state index in [0.29, 0.717) is 23.9 Å². The van der Waals surface area contributed by atoms with E-state index in [0.717, 1.165) is 37.1 Å². The number of hydrogen-bond donors (Lipinski definition) is 0. The zero-order valence-corrected chi connectivity index (χ0v) is 15.5. The van der Waals surface area contributed by atoms with Crippen LogP contribution in [-0.4, -0.2) is 20.9 Å². The van der Waals surface area contributed by atoms with Crippen molar-refractivity contribution in [1.82, 2.24) is 15.1 Å². The van der Waals surface area contributed by atoms with Crippen molar-refractivity contribution in [3.8, 4) is 11.4 Å². The van der Waals surface area contributed by atoms with Crippen molar-refractivity contribution in [2.45, 2.75) is 57.3 Å². The van der Waals surface area contributed by atoms with Crippen LogP contribution in [0.5, 0.6) is 0 Å². The maximum absolute atomic E-state index is 12.4. The molecule has 138 valence electrons. The van der Waals surface area contributed by atoms with E-state index < -0.39 is 0 Å². The molecule has 0 N–H and O–H groups in total. The van der Waals surface area contributed by atoms with Gasteiger partial charge >= 0.3 is 0 Å². The maximum Gasteiger partial charge on any atom is 0.232 e. The monoisotopic (exact) mass is 363 g/mol. The quantitative estimate of drug-likeness (QED) is 0.625. The number of fused-ring (bicyclic) bond motifs is 1. The molecule has 0 aliphatic heterocycles. The van der Waals surface area contributed by atoms with Gasteiger partial charge in [0.05, 0.1) is 6.20 Å². The van der Waals surface area contributed by atoms with Crippen LogP contribution in [0.15, 0.2) is 33.3 Å². The van der Waals surface area contributed by atoms with Crippen LogP contribution in [0.25, 0.3) is 11.4 Å². The molecule has 3 aromatic rings. The number of benzene rings is 1. The summed E-state index contributed by atoms with van der Waals surface area (Å²) in [6, 6.07) is 6.28. The van der Waals surface area contributed by atoms with Crippen molar-refractivity contribution in [2.24, 2.45) is 0 Å². The molecule has 1 aromatic carbocycles. The fourth-order valence-electron chi connectivity index (χ4n) is 3.86. The number of hydrogen-bond acceptors (Lipinski definition) is 6. The van der Waals surface area contributed by atoms with Gasteiger partial charge in [0.15, 0.2) is 17.4 Å². The number of aromatic nitrogens is 3. The van der Waals surface area contributed by atoms with E-state index in [4.69, 9.17) is 8.94 Å². The van der Waals surface area contributed by atoms with Crippen molar-refractivity contribution in [3.05, 3.63) is 53.1 Å². The third-order valence-electron chi connectivity index (χ3n) is 5.87. The molecule has 6 nitrogen and oxygen atoms in total. The largest absolute Gasteiger partial charge is 0.438 e. The first-order valence-electron chi connectivity index (χ1n) is 9.45. The van der Waals surface area contributed by atoms with Crippen molar-refractivity contribution in [2.75, 3.05) is 0 Å². The summed E-state index contributed by atoms with van der Waals surface area (Å²) in [7, 11) is 0. The summed E-state index contributed by atoms with van der Waals surface area (Å²) in [5, 5.41) is 4.17. The number of oxazole rings is 1. The summed E-state index contributed by atoms with van der Waals surface area (Å²) >= 11 is 0. The summed E-state index contributed by atoms with van der Waals surface area (Å²) in [5.74, 6) is 2.50. The van der Waals surface area contributed by atoms with E-state index in [1.165, 1.54) is 17.3 Å². The lowest BCUT2D eigenvalue weighted by molar-refractivity contribution is 0.0945. The fraction of sp³-hybridized carbons (Fsp3) is 0.429. The molecule has 6 heteroatoms. The molecular weight excluding hydrogens is 342 g/mol. The van der Waals surface area contributed by atoms with Crippen LogP contribution in [-0.2, 0) is 11.8 Å². The number of aryl methyl sites for hydroxylation is 2. The standard InChI is InChI=1S/C21H21N3O3/c1-12-22-11-18(26-12)17(25)10-14-4-3-13-9-15(5-6-16(13)14)19-23-20(27-24-19)21(2)7-8-21/h5-6,9,11,14H,3-4,7-8,10H2,1-2H3/t14-/m0/s1. The van der Waals surface area contributed by atoms with Gasteiger partial charge in [-0.15, -0.1) is 0 Å². The Hall–Kier alpha value is -2.76. The molecule has 0 amide bonds. The lowest BCUT2D eigenvalue weighted by atomic mass is 9.94. The minimum Gasteiger partial charge on any atom is -0.438 e. The summed E-state index contributed by atoms with van der Waals surface area (Å²) in [4.78, 5) is 21.1. The molecule has 0 saturated heterocycles. The van der Waals surface area contributed by atoms with Crippen molar-refractivity contribution >= 4 is 5.78 Å². The second-order valence-corrected chi connectivity index (χ2v) is 8.00. The normalized spacial score (nSPS) is 19.9. The molecule has 2 heterocycles. The molecule has 0 unspecified atom stereocenters. The van der Waals surface area contributed by atoms with Crippen LogP contribution in [0.2, 0.25) is 0 Å². The number of Topliss-reactive ketones (excluding diaryl/α,β-unsaturated/α-hetero) is 1. The van der Waals surface area contributed by atoms with Crippen molar-refractivity contribution < 1.29 is 13.7 Å². The molecule has 0 spiro atoms. The van der Waals surface area contributed by atoms with Crippen LogP contribution in [0.1, 0.15) is 72.0 Å². The zero-order valence-electron chi connectivity index (χ0n) is 15.5. The number of carbonyl (C=O) groups excluding carboxylic acids is 1. The second kappa shape index (κ2) is 5.87. The highest BCUT2D eigenvalue weighted by Crippen LogP contribution is 2.47. The van der Waals surface area contributed by atoms with Gasteiger partial charge in [-0.3, -0.25) is 4.79 Å². The second-order valence-electron chi connectivity index (χ2n) is 8.00. The summed E-state index contributed by atoms with van der Waals surface area (Å²) < 4.78 is 10.8. The van der Waals surface area contributed by atoms with E-state index in [2.05, 4.69) is 34.2 Å². The first kappa shape index (κ1) is 16.4. The molecule has 0 bridgehead atoms. The molecular formula is C21H21N3O3. The van der Waals surface area contributed by atoms with Crippen LogP contribution >= 0.6 is 0 Å². The van der Waals surface area contributed by atoms with Crippen molar-refractivity contribution in [1.29, 1.82) is 0 Å². The summed E-state index contributed by atoms with van der Waals surface area (Å²) in [5.41, 5.74) is 3.56. The molecule has 0 radical (unpaired) electrons. The average molecular weight is 363 g/mol. The molecule has 5 rings (SSSR count). The first-order valence-corrected chi connectivity index (χ1v) is 9.45. The lowest BCUT2D eigenvalue weighted by Gasteiger charge is -2.10. The number of rotatable bonds is 5. The number of ketones is 1. The predicted octanol–water partition coefficient (Wildman–Crippen LogP) is 4.39. The molecule has 1 fully saturated rings. The van der Waals surface area contributed by atoms with Gasteiger partial charge in [-0.25, -0.2) is 4.98 Å². The maximum atomic E-state index is 12.4. The topological polar surface area (TPSA) is 82.0 Å². The van der Waals surface area contributed by atoms with Gasteiger partial charge in [0.1, 0.15) is 0 Å². The molecule has 1 atom stereocenters. The average Bonchev–Trinajstić information content (AvgIpc) is 3.07. The Kier molecular flexibility index (Phi) is 3.57. The Balaban J connectivity index is 1.35. The molecule has 2 aliphatic rings. The Labute approximate surface area is 157 Å². The van der Waals surface area contributed by atoms with Crippen LogP contribution in [0.3, 0.4) is 0 Å². The van der Waals surface area contributed by atoms with Gasteiger partial charge in [-0.05, 0) is 48.8 Å². The van der Waals surface area contributed by atoms with Gasteiger partial charge in [0.2, 0.25) is 11.7 Å². The Morgan fingerprint density at radius 1 is 1.33 bits per heavy atom. The van der Waals surface area contributed by atoms with E-state index in [9.17, 15) is 4.79 Å². The van der Waals surface area contributed by atoms with Crippen LogP contribution in [0.4, 0.5) is 0 Å². The highest BCUT2D eigenvalue weighted by Gasteiger charge is 2.44. The number of nitrogens with zero attached hydrogens (tertiary/aromatic N) is 3. The SMILES string of the molecule is Cc1ncc(C(=O)C[C@@H]2CCc3cc(-c4noc(C5(C)CC5)n4)ccc32)o1. The molecule has 2 aliphatic carbocycles. The van der Waals surface area contributed by atoms with E-state index >= 15 is 0 Å². The zero-order chi connectivity index (χ0) is 18.6. The summed E-state index contributed by atoms with van der Waals surface area (Å²) in [6.07, 6.45) is 6.11. The van der Waals surface area contributed by atoms with Gasteiger partial charge in [-0.2, -0.15) is 4.98 Å². The minimum atomic E-state index is 0.0120. The third-order valence-corrected chi connectivity index (χ3v) is 5.87. The van der Waals surface area contributed by atoms with E-state index in [1.54, 1.807) is 6.92 Å². The first-order chi connectivity index (χ1) is 13.0. The lowest BCUT2D eigenvalue weighted by Crippen LogP contribution is -2.04. The van der Waals surface area contributed by atoms with Gasteiger partial charge < -0.3 is 8.94 Å². The van der Waals surface area contributed by atoms with Gasteiger partial charge in [0.25, 0.3) is 0 Å². The smallest absolute Gasteiger partial charge is 0.232 e. The minimum absolute atomic E-state index is 0.0120. The van der Waals surface area contributed by atoms with Crippen molar-refractivity contribution in [3.63, 3.8) is 0 Å². The van der Waals surface area contributed by atoms with Crippen LogP contribution in [0, 0.1) is 6.92 Å². The highest BCUT2D eigenvalue weighted by atomic mass is 16.5. The highest BCUT2D eigenvalue weighted by molar-refractivity contribution is 5.93. The Morgan fingerprint density at radius 3 is 2.93 bits per heavy atom. The third kappa shape index (κ3) is 2.89. The molecule has 1 saturated carbocycles. The van der Waals surface area contributed by atoms with Gasteiger partial charge in [0, 0.05) is 24.3 Å². The number of carbonyl (C=O) groups is 1. The molecule has 2 aromatic heterocycles. The Morgan fingerprint density at radius 2 is 2.19 bits per heavy atom. The molecule has 27 heavy (non-hydrogen) atoms. The van der Waals surface area contributed by atoms with Crippen LogP contribution < -0.4 is 0 Å².